The molecule has 3 heterocycles. The molecular weight excluding hydrogens is 172 g/mol. The van der Waals surface area contributed by atoms with Crippen molar-refractivity contribution in [3.8, 4) is 0 Å². The smallest absolute Gasteiger partial charge is 0.00984 e. The first-order chi connectivity index (χ1) is 6.93. The van der Waals surface area contributed by atoms with Crippen molar-refractivity contribution in [3.63, 3.8) is 0 Å². The van der Waals surface area contributed by atoms with E-state index in [1.54, 1.807) is 0 Å². The molecule has 1 N–H and O–H groups in total. The number of piperidine rings is 1. The lowest BCUT2D eigenvalue weighted by molar-refractivity contribution is 0.123. The minimum Gasteiger partial charge on any atom is -0.316 e. The van der Waals surface area contributed by atoms with Crippen molar-refractivity contribution in [1.82, 2.24) is 10.2 Å². The maximum atomic E-state index is 3.52. The molecule has 3 fully saturated rings. The van der Waals surface area contributed by atoms with Crippen molar-refractivity contribution in [3.05, 3.63) is 0 Å². The Morgan fingerprint density at radius 2 is 2.00 bits per heavy atom. The van der Waals surface area contributed by atoms with Gasteiger partial charge in [0.05, 0.1) is 0 Å². The van der Waals surface area contributed by atoms with Crippen LogP contribution in [0.4, 0.5) is 0 Å². The van der Waals surface area contributed by atoms with Gasteiger partial charge in [0.2, 0.25) is 0 Å². The first-order valence-corrected chi connectivity index (χ1v) is 6.38. The highest BCUT2D eigenvalue weighted by Gasteiger charge is 2.35. The highest BCUT2D eigenvalue weighted by Crippen LogP contribution is 2.35. The molecular formula is C12H22N2. The van der Waals surface area contributed by atoms with Crippen molar-refractivity contribution in [2.45, 2.75) is 38.1 Å². The summed E-state index contributed by atoms with van der Waals surface area (Å²) >= 11 is 0. The fourth-order valence-electron chi connectivity index (χ4n) is 3.76. The molecule has 0 bridgehead atoms. The average molecular weight is 194 g/mol. The summed E-state index contributed by atoms with van der Waals surface area (Å²) in [7, 11) is 0. The largest absolute Gasteiger partial charge is 0.316 e. The molecule has 0 radical (unpaired) electrons. The van der Waals surface area contributed by atoms with Crippen molar-refractivity contribution >= 4 is 0 Å². The summed E-state index contributed by atoms with van der Waals surface area (Å²) in [6, 6.07) is 0.967. The maximum absolute atomic E-state index is 3.52. The summed E-state index contributed by atoms with van der Waals surface area (Å²) in [4.78, 5) is 2.74. The standard InChI is InChI=1S/C12H22N2/c1-2-12-8-10(4-7-14(12)6-1)11-3-5-13-9-11/h10-13H,1-9H2. The molecule has 2 nitrogen and oxygen atoms in total. The Kier molecular flexibility index (Phi) is 2.50. The van der Waals surface area contributed by atoms with Crippen LogP contribution >= 0.6 is 0 Å². The molecule has 14 heavy (non-hydrogen) atoms. The number of hydrogen-bond donors (Lipinski definition) is 1. The van der Waals surface area contributed by atoms with E-state index in [-0.39, 0.29) is 0 Å². The SMILES string of the molecule is C1CC2CC(C3CCNC3)CCN2C1. The Morgan fingerprint density at radius 1 is 1.00 bits per heavy atom. The minimum atomic E-state index is 0.967. The average Bonchev–Trinajstić information content (AvgIpc) is 2.88. The van der Waals surface area contributed by atoms with Gasteiger partial charge in [-0.2, -0.15) is 0 Å². The molecule has 0 aromatic rings. The van der Waals surface area contributed by atoms with Crippen LogP contribution in [0.3, 0.4) is 0 Å². The van der Waals surface area contributed by atoms with Crippen LogP contribution in [0.15, 0.2) is 0 Å². The van der Waals surface area contributed by atoms with Crippen molar-refractivity contribution in [1.29, 1.82) is 0 Å². The number of nitrogens with one attached hydrogen (secondary N) is 1. The van der Waals surface area contributed by atoms with Gasteiger partial charge in [0, 0.05) is 6.04 Å². The topological polar surface area (TPSA) is 15.3 Å². The third kappa shape index (κ3) is 1.59. The van der Waals surface area contributed by atoms with E-state index in [0.29, 0.717) is 0 Å². The van der Waals surface area contributed by atoms with Crippen molar-refractivity contribution in [2.24, 2.45) is 11.8 Å². The predicted molar refractivity (Wildman–Crippen MR) is 58.3 cm³/mol. The van der Waals surface area contributed by atoms with Crippen LogP contribution in [0.2, 0.25) is 0 Å². The van der Waals surface area contributed by atoms with E-state index < -0.39 is 0 Å². The van der Waals surface area contributed by atoms with Gasteiger partial charge in [0.25, 0.3) is 0 Å². The number of rotatable bonds is 1. The molecule has 0 aromatic carbocycles. The Balaban J connectivity index is 1.60. The van der Waals surface area contributed by atoms with Gasteiger partial charge in [0.15, 0.2) is 0 Å². The van der Waals surface area contributed by atoms with Crippen molar-refractivity contribution < 1.29 is 0 Å². The van der Waals surface area contributed by atoms with Gasteiger partial charge in [0.1, 0.15) is 0 Å². The lowest BCUT2D eigenvalue weighted by Gasteiger charge is -2.37. The lowest BCUT2D eigenvalue weighted by atomic mass is 9.81. The third-order valence-electron chi connectivity index (χ3n) is 4.63. The van der Waals surface area contributed by atoms with Gasteiger partial charge in [-0.25, -0.2) is 0 Å². The first-order valence-electron chi connectivity index (χ1n) is 6.38. The highest BCUT2D eigenvalue weighted by atomic mass is 15.2. The molecule has 3 rings (SSSR count). The fourth-order valence-corrected chi connectivity index (χ4v) is 3.76. The van der Waals surface area contributed by atoms with E-state index in [0.717, 1.165) is 17.9 Å². The second-order valence-electron chi connectivity index (χ2n) is 5.37. The maximum Gasteiger partial charge on any atom is 0.00984 e. The zero-order valence-electron chi connectivity index (χ0n) is 9.04. The summed E-state index contributed by atoms with van der Waals surface area (Å²) < 4.78 is 0. The predicted octanol–water partition coefficient (Wildman–Crippen LogP) is 1.47. The molecule has 3 aliphatic rings. The second-order valence-corrected chi connectivity index (χ2v) is 5.37. The van der Waals surface area contributed by atoms with E-state index in [9.17, 15) is 0 Å². The lowest BCUT2D eigenvalue weighted by Crippen LogP contribution is -2.40. The van der Waals surface area contributed by atoms with Gasteiger partial charge in [-0.05, 0) is 70.1 Å². The molecule has 2 heteroatoms. The molecule has 80 valence electrons. The second kappa shape index (κ2) is 3.82. The quantitative estimate of drug-likeness (QED) is 0.680. The van der Waals surface area contributed by atoms with E-state index in [4.69, 9.17) is 0 Å². The summed E-state index contributed by atoms with van der Waals surface area (Å²) in [5.74, 6) is 2.06. The summed E-state index contributed by atoms with van der Waals surface area (Å²) in [5.41, 5.74) is 0. The van der Waals surface area contributed by atoms with Crippen LogP contribution in [-0.2, 0) is 0 Å². The molecule has 3 unspecified atom stereocenters. The Hall–Kier alpha value is -0.0800. The van der Waals surface area contributed by atoms with E-state index in [1.165, 1.54) is 58.3 Å². The van der Waals surface area contributed by atoms with E-state index >= 15 is 0 Å². The van der Waals surface area contributed by atoms with Gasteiger partial charge >= 0.3 is 0 Å². The molecule has 0 saturated carbocycles. The van der Waals surface area contributed by atoms with Crippen LogP contribution in [0.25, 0.3) is 0 Å². The Morgan fingerprint density at radius 3 is 2.86 bits per heavy atom. The number of hydrogen-bond acceptors (Lipinski definition) is 2. The van der Waals surface area contributed by atoms with Crippen LogP contribution in [0.5, 0.6) is 0 Å². The van der Waals surface area contributed by atoms with Crippen molar-refractivity contribution in [2.75, 3.05) is 26.2 Å². The minimum absolute atomic E-state index is 0.967. The van der Waals surface area contributed by atoms with E-state index in [1.807, 2.05) is 0 Å². The molecule has 0 amide bonds. The molecule has 0 spiro atoms. The molecule has 0 aromatic heterocycles. The monoisotopic (exact) mass is 194 g/mol. The Labute approximate surface area is 87.0 Å². The number of fused-ring (bicyclic) bond motifs is 1. The zero-order chi connectivity index (χ0) is 9.38. The summed E-state index contributed by atoms with van der Waals surface area (Å²) in [6.07, 6.45) is 7.36. The van der Waals surface area contributed by atoms with Crippen LogP contribution in [-0.4, -0.2) is 37.1 Å². The zero-order valence-corrected chi connectivity index (χ0v) is 9.04. The fraction of sp³-hybridized carbons (Fsp3) is 1.00. The van der Waals surface area contributed by atoms with Gasteiger partial charge < -0.3 is 10.2 Å². The highest BCUT2D eigenvalue weighted by molar-refractivity contribution is 4.90. The summed E-state index contributed by atoms with van der Waals surface area (Å²) in [6.45, 7) is 5.36. The van der Waals surface area contributed by atoms with Gasteiger partial charge in [-0.3, -0.25) is 0 Å². The van der Waals surface area contributed by atoms with Gasteiger partial charge in [-0.1, -0.05) is 0 Å². The summed E-state index contributed by atoms with van der Waals surface area (Å²) in [5, 5.41) is 3.52. The van der Waals surface area contributed by atoms with Crippen LogP contribution in [0, 0.1) is 11.8 Å². The first kappa shape index (κ1) is 9.17. The normalized spacial score (nSPS) is 44.1. The number of nitrogens with zero attached hydrogens (tertiary/aromatic N) is 1. The third-order valence-corrected chi connectivity index (χ3v) is 4.63. The van der Waals surface area contributed by atoms with E-state index in [2.05, 4.69) is 10.2 Å². The molecule has 3 saturated heterocycles. The van der Waals surface area contributed by atoms with Crippen LogP contribution in [0.1, 0.15) is 32.1 Å². The van der Waals surface area contributed by atoms with Gasteiger partial charge in [-0.15, -0.1) is 0 Å². The molecule has 3 aliphatic heterocycles. The molecule has 3 atom stereocenters. The van der Waals surface area contributed by atoms with Crippen LogP contribution < -0.4 is 5.32 Å². The Bertz CT molecular complexity index is 198. The molecule has 0 aliphatic carbocycles.